The monoisotopic (exact) mass is 343 g/mol. The highest BCUT2D eigenvalue weighted by Gasteiger charge is 2.28. The lowest BCUT2D eigenvalue weighted by molar-refractivity contribution is 0.143. The van der Waals surface area contributed by atoms with Crippen molar-refractivity contribution in [2.24, 2.45) is 0 Å². The molecule has 0 aliphatic heterocycles. The topological polar surface area (TPSA) is 78.6 Å². The third-order valence-electron chi connectivity index (χ3n) is 4.70. The standard InChI is InChI=1S/C19H25N3O3/c1-2-15-12-16(25-21-15)13-20-19(24)22(10-11-23)18-9-5-7-14-6-3-4-8-17(14)18/h3-4,6,8,12,18,23H,2,5,7,9-11,13H2,1H3,(H,20,24)/t18-/m1/s1. The molecule has 1 heterocycles. The summed E-state index contributed by atoms with van der Waals surface area (Å²) in [5, 5.41) is 16.3. The molecule has 0 saturated heterocycles. The van der Waals surface area contributed by atoms with Crippen molar-refractivity contribution < 1.29 is 14.4 Å². The van der Waals surface area contributed by atoms with Crippen LogP contribution in [0.4, 0.5) is 4.79 Å². The van der Waals surface area contributed by atoms with E-state index in [1.165, 1.54) is 11.1 Å². The first-order chi connectivity index (χ1) is 12.2. The lowest BCUT2D eigenvalue weighted by atomic mass is 9.87. The molecule has 3 rings (SSSR count). The molecule has 1 atom stereocenters. The van der Waals surface area contributed by atoms with E-state index in [-0.39, 0.29) is 18.7 Å². The maximum Gasteiger partial charge on any atom is 0.318 e. The number of aliphatic hydroxyl groups is 1. The number of hydrogen-bond donors (Lipinski definition) is 2. The molecule has 1 aromatic heterocycles. The van der Waals surface area contributed by atoms with Crippen LogP contribution in [-0.2, 0) is 19.4 Å². The summed E-state index contributed by atoms with van der Waals surface area (Å²) in [5.41, 5.74) is 3.35. The van der Waals surface area contributed by atoms with E-state index < -0.39 is 0 Å². The summed E-state index contributed by atoms with van der Waals surface area (Å²) in [6.07, 6.45) is 3.79. The Bertz CT molecular complexity index is 713. The SMILES string of the molecule is CCc1cc(CNC(=O)N(CCO)[C@@H]2CCCc3ccccc32)on1. The number of aliphatic hydroxyl groups excluding tert-OH is 1. The molecule has 2 N–H and O–H groups in total. The van der Waals surface area contributed by atoms with E-state index >= 15 is 0 Å². The highest BCUT2D eigenvalue weighted by molar-refractivity contribution is 5.74. The molecule has 0 spiro atoms. The summed E-state index contributed by atoms with van der Waals surface area (Å²) < 4.78 is 5.21. The number of benzene rings is 1. The number of hydrogen-bond acceptors (Lipinski definition) is 4. The molecule has 0 fully saturated rings. The summed E-state index contributed by atoms with van der Waals surface area (Å²) in [6.45, 7) is 2.54. The Morgan fingerprint density at radius 1 is 1.44 bits per heavy atom. The fraction of sp³-hybridized carbons (Fsp3) is 0.474. The van der Waals surface area contributed by atoms with E-state index in [0.717, 1.165) is 31.4 Å². The van der Waals surface area contributed by atoms with E-state index in [1.54, 1.807) is 4.90 Å². The molecule has 0 saturated carbocycles. The van der Waals surface area contributed by atoms with Gasteiger partial charge >= 0.3 is 6.03 Å². The van der Waals surface area contributed by atoms with Crippen molar-refractivity contribution in [3.63, 3.8) is 0 Å². The van der Waals surface area contributed by atoms with Crippen LogP contribution in [0.2, 0.25) is 0 Å². The van der Waals surface area contributed by atoms with Crippen LogP contribution in [0.1, 0.15) is 48.4 Å². The average molecular weight is 343 g/mol. The van der Waals surface area contributed by atoms with E-state index in [4.69, 9.17) is 4.52 Å². The number of rotatable bonds is 6. The van der Waals surface area contributed by atoms with Gasteiger partial charge in [0.1, 0.15) is 0 Å². The van der Waals surface area contributed by atoms with Crippen molar-refractivity contribution in [3.8, 4) is 0 Å². The second kappa shape index (κ2) is 8.16. The normalized spacial score (nSPS) is 16.3. The summed E-state index contributed by atoms with van der Waals surface area (Å²) in [6, 6.07) is 9.91. The third kappa shape index (κ3) is 4.02. The van der Waals surface area contributed by atoms with Crippen molar-refractivity contribution in [1.82, 2.24) is 15.4 Å². The minimum Gasteiger partial charge on any atom is -0.395 e. The van der Waals surface area contributed by atoms with Gasteiger partial charge in [-0.25, -0.2) is 4.79 Å². The van der Waals surface area contributed by atoms with Gasteiger partial charge < -0.3 is 19.8 Å². The molecule has 1 aliphatic carbocycles. The quantitative estimate of drug-likeness (QED) is 0.845. The first-order valence-electron chi connectivity index (χ1n) is 8.90. The van der Waals surface area contributed by atoms with Gasteiger partial charge in [-0.15, -0.1) is 0 Å². The number of amides is 2. The van der Waals surface area contributed by atoms with E-state index in [2.05, 4.69) is 22.6 Å². The Hall–Kier alpha value is -2.34. The Morgan fingerprint density at radius 2 is 2.28 bits per heavy atom. The average Bonchev–Trinajstić information content (AvgIpc) is 3.12. The van der Waals surface area contributed by atoms with Crippen molar-refractivity contribution in [1.29, 1.82) is 0 Å². The highest BCUT2D eigenvalue weighted by Crippen LogP contribution is 2.34. The predicted molar refractivity (Wildman–Crippen MR) is 94.0 cm³/mol. The largest absolute Gasteiger partial charge is 0.395 e. The van der Waals surface area contributed by atoms with Crippen LogP contribution in [-0.4, -0.2) is 34.3 Å². The summed E-state index contributed by atoms with van der Waals surface area (Å²) in [4.78, 5) is 14.5. The second-order valence-electron chi connectivity index (χ2n) is 6.32. The molecule has 134 valence electrons. The van der Waals surface area contributed by atoms with Gasteiger partial charge in [-0.2, -0.15) is 0 Å². The molecule has 2 aromatic rings. The van der Waals surface area contributed by atoms with Crippen LogP contribution in [0, 0.1) is 0 Å². The van der Waals surface area contributed by atoms with Crippen LogP contribution in [0.5, 0.6) is 0 Å². The number of nitrogens with zero attached hydrogens (tertiary/aromatic N) is 2. The second-order valence-corrected chi connectivity index (χ2v) is 6.32. The fourth-order valence-electron chi connectivity index (χ4n) is 3.43. The zero-order chi connectivity index (χ0) is 17.6. The molecule has 1 aliphatic rings. The maximum atomic E-state index is 12.7. The summed E-state index contributed by atoms with van der Waals surface area (Å²) in [7, 11) is 0. The summed E-state index contributed by atoms with van der Waals surface area (Å²) in [5.74, 6) is 0.637. The van der Waals surface area contributed by atoms with Gasteiger partial charge in [-0.3, -0.25) is 0 Å². The van der Waals surface area contributed by atoms with Gasteiger partial charge in [0, 0.05) is 12.6 Å². The zero-order valence-corrected chi connectivity index (χ0v) is 14.6. The van der Waals surface area contributed by atoms with Crippen molar-refractivity contribution in [2.45, 2.75) is 45.2 Å². The Balaban J connectivity index is 1.71. The van der Waals surface area contributed by atoms with Gasteiger partial charge in [0.05, 0.1) is 24.9 Å². The number of nitrogens with one attached hydrogen (secondary N) is 1. The van der Waals surface area contributed by atoms with E-state index in [9.17, 15) is 9.90 Å². The fourth-order valence-corrected chi connectivity index (χ4v) is 3.43. The molecule has 1 aromatic carbocycles. The third-order valence-corrected chi connectivity index (χ3v) is 4.70. The Labute approximate surface area is 147 Å². The molecule has 0 unspecified atom stereocenters. The smallest absolute Gasteiger partial charge is 0.318 e. The predicted octanol–water partition coefficient (Wildman–Crippen LogP) is 2.82. The molecule has 0 radical (unpaired) electrons. The summed E-state index contributed by atoms with van der Waals surface area (Å²) >= 11 is 0. The van der Waals surface area contributed by atoms with Gasteiger partial charge in [-0.05, 0) is 36.8 Å². The molecule has 0 bridgehead atoms. The first-order valence-corrected chi connectivity index (χ1v) is 8.90. The number of fused-ring (bicyclic) bond motifs is 1. The van der Waals surface area contributed by atoms with Crippen molar-refractivity contribution in [3.05, 3.63) is 52.9 Å². The minimum atomic E-state index is -0.190. The number of aromatic nitrogens is 1. The van der Waals surface area contributed by atoms with Crippen LogP contribution in [0.25, 0.3) is 0 Å². The van der Waals surface area contributed by atoms with Crippen LogP contribution >= 0.6 is 0 Å². The number of carbonyl (C=O) groups is 1. The van der Waals surface area contributed by atoms with Gasteiger partial charge in [-0.1, -0.05) is 36.3 Å². The highest BCUT2D eigenvalue weighted by atomic mass is 16.5. The molecular formula is C19H25N3O3. The van der Waals surface area contributed by atoms with E-state index in [0.29, 0.717) is 18.8 Å². The Morgan fingerprint density at radius 3 is 3.04 bits per heavy atom. The molecular weight excluding hydrogens is 318 g/mol. The van der Waals surface area contributed by atoms with Crippen LogP contribution in [0.3, 0.4) is 0 Å². The lowest BCUT2D eigenvalue weighted by Crippen LogP contribution is -2.44. The first kappa shape index (κ1) is 17.5. The van der Waals surface area contributed by atoms with Gasteiger partial charge in [0.2, 0.25) is 0 Å². The number of aryl methyl sites for hydroxylation is 2. The van der Waals surface area contributed by atoms with Crippen LogP contribution < -0.4 is 5.32 Å². The molecule has 25 heavy (non-hydrogen) atoms. The zero-order valence-electron chi connectivity index (χ0n) is 14.6. The van der Waals surface area contributed by atoms with Crippen LogP contribution in [0.15, 0.2) is 34.9 Å². The Kier molecular flexibility index (Phi) is 5.71. The molecule has 6 heteroatoms. The lowest BCUT2D eigenvalue weighted by Gasteiger charge is -2.35. The van der Waals surface area contributed by atoms with Crippen molar-refractivity contribution >= 4 is 6.03 Å². The molecule has 6 nitrogen and oxygen atoms in total. The number of urea groups is 1. The van der Waals surface area contributed by atoms with Gasteiger partial charge in [0.15, 0.2) is 5.76 Å². The number of carbonyl (C=O) groups excluding carboxylic acids is 1. The van der Waals surface area contributed by atoms with Gasteiger partial charge in [0.25, 0.3) is 0 Å². The maximum absolute atomic E-state index is 12.7. The molecule has 2 amide bonds. The van der Waals surface area contributed by atoms with Crippen molar-refractivity contribution in [2.75, 3.05) is 13.2 Å². The van der Waals surface area contributed by atoms with E-state index in [1.807, 2.05) is 25.1 Å². The minimum absolute atomic E-state index is 0.00183.